The summed E-state index contributed by atoms with van der Waals surface area (Å²) in [6.07, 6.45) is 0.216. The van der Waals surface area contributed by atoms with Gasteiger partial charge in [0.2, 0.25) is 0 Å². The van der Waals surface area contributed by atoms with Gasteiger partial charge in [-0.15, -0.1) is 0 Å². The first-order valence-corrected chi connectivity index (χ1v) is 9.01. The molecule has 0 aromatic heterocycles. The average molecular weight is 388 g/mol. The Hall–Kier alpha value is -2.80. The second kappa shape index (κ2) is 10.4. The van der Waals surface area contributed by atoms with Gasteiger partial charge in [-0.1, -0.05) is 12.1 Å². The van der Waals surface area contributed by atoms with Crippen molar-refractivity contribution in [1.29, 1.82) is 0 Å². The van der Waals surface area contributed by atoms with Crippen LogP contribution in [0, 0.1) is 0 Å². The molecule has 0 bridgehead atoms. The van der Waals surface area contributed by atoms with E-state index in [4.69, 9.17) is 26.4 Å². The molecule has 144 valence electrons. The van der Waals surface area contributed by atoms with Crippen molar-refractivity contribution in [2.45, 2.75) is 13.3 Å². The van der Waals surface area contributed by atoms with E-state index < -0.39 is 0 Å². The number of thiocarbonyl (C=S) groups is 1. The zero-order chi connectivity index (χ0) is 19.6. The number of esters is 1. The van der Waals surface area contributed by atoms with Crippen molar-refractivity contribution >= 4 is 34.7 Å². The predicted octanol–water partition coefficient (Wildman–Crippen LogP) is 3.86. The summed E-state index contributed by atoms with van der Waals surface area (Å²) in [5, 5.41) is 3.65. The van der Waals surface area contributed by atoms with Crippen LogP contribution in [0.4, 0.5) is 11.4 Å². The molecule has 0 aliphatic carbocycles. The summed E-state index contributed by atoms with van der Waals surface area (Å²) in [6, 6.07) is 15.0. The number of nitrogens with one attached hydrogen (secondary N) is 1. The van der Waals surface area contributed by atoms with E-state index >= 15 is 0 Å². The molecule has 0 atom stereocenters. The number of hydrogen-bond acceptors (Lipinski definition) is 5. The van der Waals surface area contributed by atoms with Crippen LogP contribution in [0.3, 0.4) is 0 Å². The van der Waals surface area contributed by atoms with Crippen molar-refractivity contribution in [3.63, 3.8) is 0 Å². The van der Waals surface area contributed by atoms with E-state index in [9.17, 15) is 4.79 Å². The molecule has 2 rings (SSSR count). The number of rotatable bonds is 8. The Morgan fingerprint density at radius 2 is 1.78 bits per heavy atom. The Morgan fingerprint density at radius 1 is 1.07 bits per heavy atom. The van der Waals surface area contributed by atoms with Gasteiger partial charge < -0.3 is 24.4 Å². The fraction of sp³-hybridized carbons (Fsp3) is 0.300. The number of methoxy groups -OCH3 is 2. The standard InChI is InChI=1S/C20H24N2O4S/c1-4-26-19(23)13-14-22(15-9-11-16(24-2)12-10-15)20(27)21-17-7-5-6-8-18(17)25-3/h5-12H,4,13-14H2,1-3H3,(H,21,27). The van der Waals surface area contributed by atoms with Gasteiger partial charge in [-0.2, -0.15) is 0 Å². The normalized spacial score (nSPS) is 10.0. The smallest absolute Gasteiger partial charge is 0.307 e. The van der Waals surface area contributed by atoms with Gasteiger partial charge >= 0.3 is 5.97 Å². The second-order valence-electron chi connectivity index (χ2n) is 5.54. The van der Waals surface area contributed by atoms with Crippen LogP contribution in [-0.4, -0.2) is 38.5 Å². The Balaban J connectivity index is 2.21. The van der Waals surface area contributed by atoms with E-state index in [1.807, 2.05) is 53.4 Å². The fourth-order valence-electron chi connectivity index (χ4n) is 2.48. The molecule has 1 N–H and O–H groups in total. The Kier molecular flexibility index (Phi) is 7.88. The molecule has 0 unspecified atom stereocenters. The lowest BCUT2D eigenvalue weighted by molar-refractivity contribution is -0.142. The van der Waals surface area contributed by atoms with Crippen LogP contribution in [0.2, 0.25) is 0 Å². The first kappa shape index (κ1) is 20.5. The van der Waals surface area contributed by atoms with E-state index in [0.717, 1.165) is 17.1 Å². The zero-order valence-corrected chi connectivity index (χ0v) is 16.5. The molecule has 0 heterocycles. The fourth-order valence-corrected chi connectivity index (χ4v) is 2.78. The summed E-state index contributed by atoms with van der Waals surface area (Å²) >= 11 is 5.60. The number of benzene rings is 2. The summed E-state index contributed by atoms with van der Waals surface area (Å²) in [5.74, 6) is 1.16. The minimum Gasteiger partial charge on any atom is -0.497 e. The van der Waals surface area contributed by atoms with Gasteiger partial charge in [-0.3, -0.25) is 4.79 Å². The highest BCUT2D eigenvalue weighted by Crippen LogP contribution is 2.25. The molecule has 0 radical (unpaired) electrons. The van der Waals surface area contributed by atoms with Crippen LogP contribution in [0.15, 0.2) is 48.5 Å². The van der Waals surface area contributed by atoms with Gasteiger partial charge in [-0.05, 0) is 55.5 Å². The molecule has 0 aliphatic rings. The van der Waals surface area contributed by atoms with E-state index in [1.165, 1.54) is 0 Å². The largest absolute Gasteiger partial charge is 0.497 e. The molecule has 0 amide bonds. The van der Waals surface area contributed by atoms with Crippen LogP contribution < -0.4 is 19.7 Å². The topological polar surface area (TPSA) is 60.0 Å². The second-order valence-corrected chi connectivity index (χ2v) is 5.92. The van der Waals surface area contributed by atoms with Gasteiger partial charge in [-0.25, -0.2) is 0 Å². The summed E-state index contributed by atoms with van der Waals surface area (Å²) in [7, 11) is 3.22. The van der Waals surface area contributed by atoms with E-state index in [0.29, 0.717) is 24.0 Å². The predicted molar refractivity (Wildman–Crippen MR) is 111 cm³/mol. The molecule has 7 heteroatoms. The number of hydrogen-bond donors (Lipinski definition) is 1. The molecule has 0 saturated heterocycles. The van der Waals surface area contributed by atoms with Crippen molar-refractivity contribution in [2.75, 3.05) is 37.6 Å². The number of carbonyl (C=O) groups excluding carboxylic acids is 1. The molecule has 2 aromatic carbocycles. The zero-order valence-electron chi connectivity index (χ0n) is 15.7. The van der Waals surface area contributed by atoms with Crippen LogP contribution >= 0.6 is 12.2 Å². The molecule has 6 nitrogen and oxygen atoms in total. The highest BCUT2D eigenvalue weighted by Gasteiger charge is 2.16. The quantitative estimate of drug-likeness (QED) is 0.544. The molecule has 27 heavy (non-hydrogen) atoms. The molecule has 2 aromatic rings. The first-order valence-electron chi connectivity index (χ1n) is 8.60. The maximum atomic E-state index is 11.8. The Morgan fingerprint density at radius 3 is 2.41 bits per heavy atom. The number of para-hydroxylation sites is 2. The lowest BCUT2D eigenvalue weighted by Crippen LogP contribution is -2.36. The van der Waals surface area contributed by atoms with Crippen LogP contribution in [0.1, 0.15) is 13.3 Å². The maximum Gasteiger partial charge on any atom is 0.307 e. The summed E-state index contributed by atoms with van der Waals surface area (Å²) in [4.78, 5) is 13.7. The number of nitrogens with zero attached hydrogens (tertiary/aromatic N) is 1. The molecule has 0 saturated carbocycles. The third-order valence-corrected chi connectivity index (χ3v) is 4.15. The lowest BCUT2D eigenvalue weighted by atomic mass is 10.2. The third kappa shape index (κ3) is 5.86. The van der Waals surface area contributed by atoms with Gasteiger partial charge in [0.15, 0.2) is 5.11 Å². The summed E-state index contributed by atoms with van der Waals surface area (Å²) in [6.45, 7) is 2.52. The third-order valence-electron chi connectivity index (χ3n) is 3.82. The highest BCUT2D eigenvalue weighted by molar-refractivity contribution is 7.80. The molecule has 0 fully saturated rings. The monoisotopic (exact) mass is 388 g/mol. The molecular formula is C20H24N2O4S. The summed E-state index contributed by atoms with van der Waals surface area (Å²) < 4.78 is 15.6. The lowest BCUT2D eigenvalue weighted by Gasteiger charge is -2.26. The van der Waals surface area contributed by atoms with Crippen LogP contribution in [-0.2, 0) is 9.53 Å². The minimum atomic E-state index is -0.267. The van der Waals surface area contributed by atoms with Gasteiger partial charge in [0, 0.05) is 12.2 Å². The van der Waals surface area contributed by atoms with Crippen molar-refractivity contribution < 1.29 is 19.0 Å². The van der Waals surface area contributed by atoms with Gasteiger partial charge in [0.05, 0.1) is 32.9 Å². The number of anilines is 2. The van der Waals surface area contributed by atoms with Gasteiger partial charge in [0.25, 0.3) is 0 Å². The highest BCUT2D eigenvalue weighted by atomic mass is 32.1. The van der Waals surface area contributed by atoms with Crippen LogP contribution in [0.5, 0.6) is 11.5 Å². The molecular weight excluding hydrogens is 364 g/mol. The van der Waals surface area contributed by atoms with Crippen molar-refractivity contribution in [3.05, 3.63) is 48.5 Å². The minimum absolute atomic E-state index is 0.216. The van der Waals surface area contributed by atoms with Crippen molar-refractivity contribution in [3.8, 4) is 11.5 Å². The SMILES string of the molecule is CCOC(=O)CCN(C(=S)Nc1ccccc1OC)c1ccc(OC)cc1. The molecule has 0 spiro atoms. The average Bonchev–Trinajstić information content (AvgIpc) is 2.69. The number of ether oxygens (including phenoxy) is 3. The van der Waals surface area contributed by atoms with E-state index in [2.05, 4.69) is 5.32 Å². The van der Waals surface area contributed by atoms with Gasteiger partial charge in [0.1, 0.15) is 11.5 Å². The first-order chi connectivity index (χ1) is 13.1. The van der Waals surface area contributed by atoms with Crippen molar-refractivity contribution in [2.24, 2.45) is 0 Å². The molecule has 0 aliphatic heterocycles. The van der Waals surface area contributed by atoms with E-state index in [1.54, 1.807) is 21.1 Å². The maximum absolute atomic E-state index is 11.8. The Labute approximate surface area is 165 Å². The Bertz CT molecular complexity index is 765. The number of carbonyl (C=O) groups is 1. The van der Waals surface area contributed by atoms with Crippen molar-refractivity contribution in [1.82, 2.24) is 0 Å². The summed E-state index contributed by atoms with van der Waals surface area (Å²) in [5.41, 5.74) is 1.59. The van der Waals surface area contributed by atoms with E-state index in [-0.39, 0.29) is 12.4 Å². The van der Waals surface area contributed by atoms with Crippen LogP contribution in [0.25, 0.3) is 0 Å².